The van der Waals surface area contributed by atoms with Crippen LogP contribution >= 0.6 is 0 Å². The fourth-order valence-electron chi connectivity index (χ4n) is 3.46. The number of nitrogens with zero attached hydrogens (tertiary/aromatic N) is 2. The number of rotatable bonds is 5. The highest BCUT2D eigenvalue weighted by Crippen LogP contribution is 2.34. The van der Waals surface area contributed by atoms with Crippen LogP contribution in [-0.2, 0) is 17.5 Å². The molecule has 0 N–H and O–H groups in total. The molecule has 0 aliphatic carbocycles. The summed E-state index contributed by atoms with van der Waals surface area (Å²) >= 11 is 0. The molecule has 2 aromatic carbocycles. The lowest BCUT2D eigenvalue weighted by atomic mass is 10.1. The van der Waals surface area contributed by atoms with E-state index in [9.17, 15) is 18.0 Å². The molecular weight excluding hydrogens is 393 g/mol. The molecule has 4 aromatic rings. The van der Waals surface area contributed by atoms with Crippen LogP contribution in [0.1, 0.15) is 35.0 Å². The Morgan fingerprint density at radius 1 is 1.07 bits per heavy atom. The zero-order chi connectivity index (χ0) is 21.3. The average molecular weight is 412 g/mol. The molecule has 154 valence electrons. The molecule has 0 aliphatic heterocycles. The molecule has 30 heavy (non-hydrogen) atoms. The fraction of sp³-hybridized carbons (Fsp3) is 0.217. The zero-order valence-corrected chi connectivity index (χ0v) is 16.2. The van der Waals surface area contributed by atoms with E-state index in [0.717, 1.165) is 28.6 Å². The van der Waals surface area contributed by atoms with Crippen molar-refractivity contribution in [2.24, 2.45) is 0 Å². The summed E-state index contributed by atoms with van der Waals surface area (Å²) in [6, 6.07) is 13.2. The Morgan fingerprint density at radius 3 is 2.57 bits per heavy atom. The molecule has 0 spiro atoms. The van der Waals surface area contributed by atoms with Crippen LogP contribution in [0.25, 0.3) is 21.7 Å². The number of esters is 1. The molecule has 2 aromatic heterocycles. The number of carbonyl (C=O) groups is 1. The van der Waals surface area contributed by atoms with E-state index < -0.39 is 17.7 Å². The summed E-state index contributed by atoms with van der Waals surface area (Å²) in [7, 11) is 0. The summed E-state index contributed by atoms with van der Waals surface area (Å²) in [4.78, 5) is 17.0. The smallest absolute Gasteiger partial charge is 0.416 e. The highest BCUT2D eigenvalue weighted by Gasteiger charge is 2.33. The van der Waals surface area contributed by atoms with Gasteiger partial charge in [-0.25, -0.2) is 4.79 Å². The highest BCUT2D eigenvalue weighted by atomic mass is 19.4. The van der Waals surface area contributed by atoms with Gasteiger partial charge < -0.3 is 9.30 Å². The Balaban J connectivity index is 1.80. The molecule has 2 heterocycles. The summed E-state index contributed by atoms with van der Waals surface area (Å²) in [6.45, 7) is 2.28. The van der Waals surface area contributed by atoms with Gasteiger partial charge >= 0.3 is 12.1 Å². The number of halogens is 3. The minimum absolute atomic E-state index is 0.0981. The van der Waals surface area contributed by atoms with Crippen LogP contribution in [0.5, 0.6) is 0 Å². The van der Waals surface area contributed by atoms with E-state index in [1.165, 1.54) is 0 Å². The normalized spacial score (nSPS) is 11.9. The summed E-state index contributed by atoms with van der Waals surface area (Å²) < 4.78 is 46.9. The minimum atomic E-state index is -4.56. The second kappa shape index (κ2) is 7.82. The van der Waals surface area contributed by atoms with Gasteiger partial charge in [0, 0.05) is 23.2 Å². The van der Waals surface area contributed by atoms with Crippen molar-refractivity contribution >= 4 is 27.6 Å². The molecule has 0 saturated carbocycles. The van der Waals surface area contributed by atoms with E-state index in [0.29, 0.717) is 23.9 Å². The van der Waals surface area contributed by atoms with Crippen molar-refractivity contribution in [3.63, 3.8) is 0 Å². The Kier molecular flexibility index (Phi) is 5.20. The molecule has 0 aliphatic rings. The predicted octanol–water partition coefficient (Wildman–Crippen LogP) is 5.82. The Morgan fingerprint density at radius 2 is 1.83 bits per heavy atom. The van der Waals surface area contributed by atoms with Gasteiger partial charge in [0.05, 0.1) is 35.5 Å². The first-order valence-corrected chi connectivity index (χ1v) is 9.57. The van der Waals surface area contributed by atoms with Crippen molar-refractivity contribution < 1.29 is 22.7 Å². The lowest BCUT2D eigenvalue weighted by Gasteiger charge is -2.13. The number of ether oxygens (including phenoxy) is 1. The number of pyridine rings is 1. The quantitative estimate of drug-likeness (QED) is 0.388. The predicted molar refractivity (Wildman–Crippen MR) is 108 cm³/mol. The summed E-state index contributed by atoms with van der Waals surface area (Å²) in [6.07, 6.45) is -0.557. The van der Waals surface area contributed by atoms with Gasteiger partial charge in [0.1, 0.15) is 0 Å². The maximum Gasteiger partial charge on any atom is 0.416 e. The van der Waals surface area contributed by atoms with Crippen molar-refractivity contribution in [2.75, 3.05) is 6.61 Å². The first-order chi connectivity index (χ1) is 14.4. The molecule has 0 atom stereocenters. The maximum absolute atomic E-state index is 13.3. The van der Waals surface area contributed by atoms with Crippen LogP contribution in [-0.4, -0.2) is 22.1 Å². The van der Waals surface area contributed by atoms with Crippen LogP contribution in [0.4, 0.5) is 13.2 Å². The monoisotopic (exact) mass is 412 g/mol. The van der Waals surface area contributed by atoms with Gasteiger partial charge in [-0.15, -0.1) is 0 Å². The van der Waals surface area contributed by atoms with Crippen LogP contribution in [0.15, 0.2) is 60.9 Å². The van der Waals surface area contributed by atoms with Gasteiger partial charge in [-0.1, -0.05) is 31.2 Å². The van der Waals surface area contributed by atoms with Crippen LogP contribution < -0.4 is 0 Å². The molecular formula is C23H19F3N2O2. The number of hydrogen-bond donors (Lipinski definition) is 0. The van der Waals surface area contributed by atoms with Crippen molar-refractivity contribution in [1.82, 2.24) is 9.55 Å². The zero-order valence-electron chi connectivity index (χ0n) is 16.2. The van der Waals surface area contributed by atoms with E-state index in [4.69, 9.17) is 4.74 Å². The van der Waals surface area contributed by atoms with Crippen molar-refractivity contribution in [1.29, 1.82) is 0 Å². The second-order valence-electron chi connectivity index (χ2n) is 7.06. The Bertz CT molecular complexity index is 1230. The SMILES string of the molecule is CCCOC(=O)c1cc(C(F)(F)F)cc2ccn(Cc3cc4ccccc4cn3)c12. The summed E-state index contributed by atoms with van der Waals surface area (Å²) in [5, 5.41) is 2.34. The first kappa shape index (κ1) is 19.9. The lowest BCUT2D eigenvalue weighted by molar-refractivity contribution is -0.137. The summed E-state index contributed by atoms with van der Waals surface area (Å²) in [5.74, 6) is -0.764. The van der Waals surface area contributed by atoms with Gasteiger partial charge in [0.15, 0.2) is 0 Å². The molecule has 4 rings (SSSR count). The molecule has 0 saturated heterocycles. The van der Waals surface area contributed by atoms with Crippen molar-refractivity contribution in [3.8, 4) is 0 Å². The Hall–Kier alpha value is -3.35. The number of hydrogen-bond acceptors (Lipinski definition) is 3. The number of carbonyl (C=O) groups excluding carboxylic acids is 1. The largest absolute Gasteiger partial charge is 0.462 e. The number of fused-ring (bicyclic) bond motifs is 2. The van der Waals surface area contributed by atoms with Gasteiger partial charge in [-0.2, -0.15) is 13.2 Å². The Labute approximate surface area is 170 Å². The van der Waals surface area contributed by atoms with E-state index >= 15 is 0 Å². The summed E-state index contributed by atoms with van der Waals surface area (Å²) in [5.41, 5.74) is 0.164. The van der Waals surface area contributed by atoms with E-state index in [1.807, 2.05) is 37.3 Å². The van der Waals surface area contributed by atoms with E-state index in [1.54, 1.807) is 23.0 Å². The second-order valence-corrected chi connectivity index (χ2v) is 7.06. The molecule has 0 radical (unpaired) electrons. The van der Waals surface area contributed by atoms with Gasteiger partial charge in [0.2, 0.25) is 0 Å². The average Bonchev–Trinajstić information content (AvgIpc) is 3.13. The molecule has 0 fully saturated rings. The molecule has 7 heteroatoms. The van der Waals surface area contributed by atoms with Crippen molar-refractivity contribution in [3.05, 3.63) is 77.7 Å². The number of benzene rings is 2. The molecule has 0 amide bonds. The van der Waals surface area contributed by atoms with E-state index in [-0.39, 0.29) is 12.2 Å². The van der Waals surface area contributed by atoms with E-state index in [2.05, 4.69) is 4.98 Å². The van der Waals surface area contributed by atoms with Crippen LogP contribution in [0.3, 0.4) is 0 Å². The number of alkyl halides is 3. The topological polar surface area (TPSA) is 44.1 Å². The third-order valence-electron chi connectivity index (χ3n) is 4.87. The van der Waals surface area contributed by atoms with Gasteiger partial charge in [-0.05, 0) is 36.1 Å². The standard InChI is InChI=1S/C23H19F3N2O2/c1-2-9-30-22(29)20-12-18(23(24,25)26)10-16-7-8-28(21(16)20)14-19-11-15-5-3-4-6-17(15)13-27-19/h3-8,10-13H,2,9,14H2,1H3. The molecule has 4 nitrogen and oxygen atoms in total. The van der Waals surface area contributed by atoms with Crippen molar-refractivity contribution in [2.45, 2.75) is 26.1 Å². The third kappa shape index (κ3) is 3.87. The number of aromatic nitrogens is 2. The van der Waals surface area contributed by atoms with Crippen LogP contribution in [0.2, 0.25) is 0 Å². The fourth-order valence-corrected chi connectivity index (χ4v) is 3.46. The lowest BCUT2D eigenvalue weighted by Crippen LogP contribution is -2.13. The first-order valence-electron chi connectivity index (χ1n) is 9.57. The molecule has 0 unspecified atom stereocenters. The van der Waals surface area contributed by atoms with Gasteiger partial charge in [0.25, 0.3) is 0 Å². The van der Waals surface area contributed by atoms with Crippen LogP contribution in [0, 0.1) is 0 Å². The van der Waals surface area contributed by atoms with Gasteiger partial charge in [-0.3, -0.25) is 4.98 Å². The highest BCUT2D eigenvalue weighted by molar-refractivity contribution is 6.03. The maximum atomic E-state index is 13.3. The molecule has 0 bridgehead atoms. The minimum Gasteiger partial charge on any atom is -0.462 e. The third-order valence-corrected chi connectivity index (χ3v) is 4.87.